The van der Waals surface area contributed by atoms with E-state index in [1.807, 2.05) is 0 Å². The number of halogens is 2. The van der Waals surface area contributed by atoms with E-state index in [1.54, 1.807) is 6.92 Å². The summed E-state index contributed by atoms with van der Waals surface area (Å²) in [5.74, 6) is -0.984. The Balaban J connectivity index is 2.73. The number of carboxylic acids is 1. The highest BCUT2D eigenvalue weighted by Gasteiger charge is 2.19. The van der Waals surface area contributed by atoms with Gasteiger partial charge in [0.1, 0.15) is 11.4 Å². The van der Waals surface area contributed by atoms with Crippen molar-refractivity contribution in [3.8, 4) is 16.9 Å². The summed E-state index contributed by atoms with van der Waals surface area (Å²) in [5, 5.41) is 9.22. The van der Waals surface area contributed by atoms with Crippen LogP contribution in [0.1, 0.15) is 28.2 Å². The minimum Gasteiger partial charge on any atom is -0.494 e. The number of rotatable bonds is 4. The molecule has 0 saturated carbocycles. The van der Waals surface area contributed by atoms with E-state index in [2.05, 4.69) is 9.97 Å². The molecular weight excluding hydrogens is 282 g/mol. The lowest BCUT2D eigenvalue weighted by Crippen LogP contribution is -2.03. The fraction of sp³-hybridized carbons (Fsp3) is 0.214. The van der Waals surface area contributed by atoms with Gasteiger partial charge >= 0.3 is 5.97 Å². The summed E-state index contributed by atoms with van der Waals surface area (Å²) < 4.78 is 30.7. The fourth-order valence-corrected chi connectivity index (χ4v) is 1.90. The van der Waals surface area contributed by atoms with Crippen LogP contribution in [0.5, 0.6) is 5.75 Å². The van der Waals surface area contributed by atoms with Gasteiger partial charge in [-0.25, -0.2) is 13.6 Å². The first kappa shape index (κ1) is 14.8. The smallest absolute Gasteiger partial charge is 0.337 e. The lowest BCUT2D eigenvalue weighted by Gasteiger charge is -2.12. The van der Waals surface area contributed by atoms with Crippen molar-refractivity contribution >= 4 is 5.97 Å². The minimum absolute atomic E-state index is 0.0923. The quantitative estimate of drug-likeness (QED) is 0.938. The van der Waals surface area contributed by atoms with Crippen LogP contribution in [0.2, 0.25) is 0 Å². The number of ether oxygens (including phenoxy) is 1. The van der Waals surface area contributed by atoms with Gasteiger partial charge in [0.15, 0.2) is 0 Å². The number of carboxylic acid groups (broad SMARTS) is 1. The maximum atomic E-state index is 12.8. The molecule has 21 heavy (non-hydrogen) atoms. The maximum Gasteiger partial charge on any atom is 0.337 e. The van der Waals surface area contributed by atoms with Gasteiger partial charge < -0.3 is 9.84 Å². The Bertz CT molecular complexity index is 690. The number of hydrogen-bond donors (Lipinski definition) is 1. The molecular formula is C14H12F2N2O3. The van der Waals surface area contributed by atoms with E-state index in [4.69, 9.17) is 4.74 Å². The maximum absolute atomic E-state index is 12.8. The van der Waals surface area contributed by atoms with E-state index in [1.165, 1.54) is 19.4 Å². The van der Waals surface area contributed by atoms with Gasteiger partial charge in [0, 0.05) is 23.0 Å². The first-order chi connectivity index (χ1) is 9.93. The first-order valence-electron chi connectivity index (χ1n) is 5.96. The normalized spacial score (nSPS) is 10.7. The number of nitrogens with zero attached hydrogens (tertiary/aromatic N) is 2. The molecule has 0 amide bonds. The average Bonchev–Trinajstić information content (AvgIpc) is 2.46. The van der Waals surface area contributed by atoms with Gasteiger partial charge in [0.05, 0.1) is 18.9 Å². The molecule has 0 spiro atoms. The molecule has 7 heteroatoms. The Kier molecular flexibility index (Phi) is 4.11. The molecule has 0 radical (unpaired) electrons. The molecule has 2 aromatic heterocycles. The molecule has 0 aliphatic carbocycles. The summed E-state index contributed by atoms with van der Waals surface area (Å²) in [5.41, 5.74) is 0.524. The third kappa shape index (κ3) is 2.96. The van der Waals surface area contributed by atoms with Crippen molar-refractivity contribution in [2.75, 3.05) is 7.11 Å². The summed E-state index contributed by atoms with van der Waals surface area (Å²) in [7, 11) is 1.36. The van der Waals surface area contributed by atoms with Crippen LogP contribution < -0.4 is 4.74 Å². The molecule has 0 unspecified atom stereocenters. The molecule has 0 bridgehead atoms. The van der Waals surface area contributed by atoms with Crippen LogP contribution in [0.15, 0.2) is 24.5 Å². The van der Waals surface area contributed by atoms with Crippen molar-refractivity contribution < 1.29 is 23.4 Å². The van der Waals surface area contributed by atoms with Crippen molar-refractivity contribution in [1.82, 2.24) is 9.97 Å². The summed E-state index contributed by atoms with van der Waals surface area (Å²) in [6.45, 7) is 1.68. The lowest BCUT2D eigenvalue weighted by molar-refractivity contribution is 0.0697. The summed E-state index contributed by atoms with van der Waals surface area (Å²) >= 11 is 0. The number of aromatic carboxylic acids is 1. The molecule has 0 aliphatic heterocycles. The first-order valence-corrected chi connectivity index (χ1v) is 5.96. The van der Waals surface area contributed by atoms with E-state index in [9.17, 15) is 18.7 Å². The third-order valence-electron chi connectivity index (χ3n) is 2.89. The Morgan fingerprint density at radius 1 is 1.24 bits per heavy atom. The standard InChI is InChI=1S/C14H12F2N2O3/c1-7-3-8(10(5-17-7)14(19)20)9-4-11(13(15)16)18-6-12(9)21-2/h3-6,13H,1-2H3,(H,19,20). The lowest BCUT2D eigenvalue weighted by atomic mass is 10.00. The van der Waals surface area contributed by atoms with Gasteiger partial charge in [-0.05, 0) is 19.1 Å². The average molecular weight is 294 g/mol. The van der Waals surface area contributed by atoms with E-state index in [0.717, 1.165) is 12.3 Å². The van der Waals surface area contributed by atoms with Crippen LogP contribution in [0.25, 0.3) is 11.1 Å². The zero-order chi connectivity index (χ0) is 15.6. The molecule has 2 aromatic rings. The fourth-order valence-electron chi connectivity index (χ4n) is 1.90. The Morgan fingerprint density at radius 3 is 2.52 bits per heavy atom. The number of aromatic nitrogens is 2. The number of methoxy groups -OCH3 is 1. The van der Waals surface area contributed by atoms with E-state index >= 15 is 0 Å². The minimum atomic E-state index is -2.76. The third-order valence-corrected chi connectivity index (χ3v) is 2.89. The Morgan fingerprint density at radius 2 is 1.95 bits per heavy atom. The van der Waals surface area contributed by atoms with Gasteiger partial charge in [-0.2, -0.15) is 0 Å². The Hall–Kier alpha value is -2.57. The predicted molar refractivity (Wildman–Crippen MR) is 70.7 cm³/mol. The van der Waals surface area contributed by atoms with Gasteiger partial charge in [0.2, 0.25) is 0 Å². The number of pyridine rings is 2. The molecule has 110 valence electrons. The highest BCUT2D eigenvalue weighted by atomic mass is 19.3. The van der Waals surface area contributed by atoms with Crippen LogP contribution in [-0.4, -0.2) is 28.2 Å². The van der Waals surface area contributed by atoms with E-state index < -0.39 is 18.1 Å². The SMILES string of the molecule is COc1cnc(C(F)F)cc1-c1cc(C)ncc1C(=O)O. The van der Waals surface area contributed by atoms with Crippen LogP contribution in [0, 0.1) is 6.92 Å². The monoisotopic (exact) mass is 294 g/mol. The second kappa shape index (κ2) is 5.82. The second-order valence-corrected chi connectivity index (χ2v) is 4.29. The van der Waals surface area contributed by atoms with Gasteiger partial charge in [-0.1, -0.05) is 0 Å². The van der Waals surface area contributed by atoms with Gasteiger partial charge in [-0.15, -0.1) is 0 Å². The van der Waals surface area contributed by atoms with E-state index in [-0.39, 0.29) is 22.4 Å². The molecule has 2 heterocycles. The van der Waals surface area contributed by atoms with Crippen LogP contribution >= 0.6 is 0 Å². The largest absolute Gasteiger partial charge is 0.494 e. The van der Waals surface area contributed by atoms with Crippen molar-refractivity contribution in [1.29, 1.82) is 0 Å². The zero-order valence-electron chi connectivity index (χ0n) is 11.3. The van der Waals surface area contributed by atoms with Gasteiger partial charge in [-0.3, -0.25) is 9.97 Å². The predicted octanol–water partition coefficient (Wildman–Crippen LogP) is 3.10. The van der Waals surface area contributed by atoms with E-state index in [0.29, 0.717) is 5.69 Å². The highest BCUT2D eigenvalue weighted by Crippen LogP contribution is 2.34. The summed E-state index contributed by atoms with van der Waals surface area (Å²) in [6.07, 6.45) is -0.418. The molecule has 0 atom stereocenters. The molecule has 0 saturated heterocycles. The molecule has 1 N–H and O–H groups in total. The molecule has 0 aliphatic rings. The van der Waals surface area contributed by atoms with Crippen molar-refractivity contribution in [3.63, 3.8) is 0 Å². The Labute approximate surface area is 119 Å². The molecule has 2 rings (SSSR count). The number of carbonyl (C=O) groups is 1. The topological polar surface area (TPSA) is 72.3 Å². The second-order valence-electron chi connectivity index (χ2n) is 4.29. The highest BCUT2D eigenvalue weighted by molar-refractivity contribution is 5.96. The number of alkyl halides is 2. The van der Waals surface area contributed by atoms with Crippen molar-refractivity contribution in [2.24, 2.45) is 0 Å². The molecule has 0 fully saturated rings. The van der Waals surface area contributed by atoms with Crippen LogP contribution in [0.3, 0.4) is 0 Å². The van der Waals surface area contributed by atoms with Crippen LogP contribution in [0.4, 0.5) is 8.78 Å². The zero-order valence-corrected chi connectivity index (χ0v) is 11.3. The number of aryl methyl sites for hydroxylation is 1. The van der Waals surface area contributed by atoms with Crippen molar-refractivity contribution in [2.45, 2.75) is 13.3 Å². The number of hydrogen-bond acceptors (Lipinski definition) is 4. The molecule has 0 aromatic carbocycles. The summed E-state index contributed by atoms with van der Waals surface area (Å²) in [4.78, 5) is 18.8. The van der Waals surface area contributed by atoms with Gasteiger partial charge in [0.25, 0.3) is 6.43 Å². The van der Waals surface area contributed by atoms with Crippen LogP contribution in [-0.2, 0) is 0 Å². The molecule has 5 nitrogen and oxygen atoms in total. The van der Waals surface area contributed by atoms with Crippen molar-refractivity contribution in [3.05, 3.63) is 41.5 Å². The summed E-state index contributed by atoms with van der Waals surface area (Å²) in [6, 6.07) is 2.64.